The minimum absolute atomic E-state index is 0.289. The van der Waals surface area contributed by atoms with Crippen LogP contribution in [0.2, 0.25) is 0 Å². The van der Waals surface area contributed by atoms with Crippen molar-refractivity contribution in [2.75, 3.05) is 20.3 Å². The zero-order valence-electron chi connectivity index (χ0n) is 11.5. The Hall–Kier alpha value is -2.08. The molecule has 0 saturated carbocycles. The van der Waals surface area contributed by atoms with Gasteiger partial charge in [0.1, 0.15) is 11.5 Å². The molecule has 1 aliphatic rings. The third-order valence-electron chi connectivity index (χ3n) is 3.46. The van der Waals surface area contributed by atoms with E-state index >= 15 is 0 Å². The summed E-state index contributed by atoms with van der Waals surface area (Å²) in [7, 11) is 1.68. The van der Waals surface area contributed by atoms with Crippen LogP contribution in [0.5, 0.6) is 11.5 Å². The van der Waals surface area contributed by atoms with E-state index in [1.54, 1.807) is 13.3 Å². The Morgan fingerprint density at radius 3 is 3.25 bits per heavy atom. The molecule has 0 spiro atoms. The Morgan fingerprint density at radius 1 is 1.50 bits per heavy atom. The highest BCUT2D eigenvalue weighted by atomic mass is 16.5. The molecule has 1 unspecified atom stereocenters. The van der Waals surface area contributed by atoms with Gasteiger partial charge in [0.25, 0.3) is 0 Å². The Labute approximate surface area is 117 Å². The Bertz CT molecular complexity index is 556. The molecule has 20 heavy (non-hydrogen) atoms. The summed E-state index contributed by atoms with van der Waals surface area (Å²) in [6, 6.07) is 6.23. The van der Waals surface area contributed by atoms with Gasteiger partial charge in [-0.15, -0.1) is 5.10 Å². The number of methoxy groups -OCH3 is 1. The molecule has 3 rings (SSSR count). The summed E-state index contributed by atoms with van der Waals surface area (Å²) in [4.78, 5) is 0. The SMILES string of the molecule is COc1ccc2c(c1)C(NCCn1ccnn1)CCO2. The second-order valence-corrected chi connectivity index (χ2v) is 4.71. The molecule has 2 heterocycles. The largest absolute Gasteiger partial charge is 0.497 e. The highest BCUT2D eigenvalue weighted by Gasteiger charge is 2.21. The third-order valence-corrected chi connectivity index (χ3v) is 3.46. The van der Waals surface area contributed by atoms with Gasteiger partial charge in [-0.05, 0) is 18.2 Å². The Balaban J connectivity index is 1.66. The minimum Gasteiger partial charge on any atom is -0.497 e. The molecule has 0 aliphatic carbocycles. The van der Waals surface area contributed by atoms with Crippen LogP contribution < -0.4 is 14.8 Å². The highest BCUT2D eigenvalue weighted by molar-refractivity contribution is 5.43. The van der Waals surface area contributed by atoms with E-state index < -0.39 is 0 Å². The number of hydrogen-bond donors (Lipinski definition) is 1. The van der Waals surface area contributed by atoms with Crippen molar-refractivity contribution in [3.63, 3.8) is 0 Å². The fourth-order valence-corrected chi connectivity index (χ4v) is 2.42. The molecule has 6 nitrogen and oxygen atoms in total. The van der Waals surface area contributed by atoms with Crippen LogP contribution in [0.3, 0.4) is 0 Å². The van der Waals surface area contributed by atoms with Gasteiger partial charge in [-0.1, -0.05) is 5.21 Å². The standard InChI is InChI=1S/C14H18N4O2/c1-19-11-2-3-14-12(10-11)13(4-9-20-14)15-5-7-18-8-6-16-17-18/h2-3,6,8,10,13,15H,4-5,7,9H2,1H3. The summed E-state index contributed by atoms with van der Waals surface area (Å²) >= 11 is 0. The fraction of sp³-hybridized carbons (Fsp3) is 0.429. The van der Waals surface area contributed by atoms with Gasteiger partial charge in [0, 0.05) is 30.8 Å². The Kier molecular flexibility index (Phi) is 3.83. The van der Waals surface area contributed by atoms with E-state index in [-0.39, 0.29) is 6.04 Å². The lowest BCUT2D eigenvalue weighted by atomic mass is 10.0. The second kappa shape index (κ2) is 5.92. The topological polar surface area (TPSA) is 61.2 Å². The average Bonchev–Trinajstić information content (AvgIpc) is 3.00. The normalized spacial score (nSPS) is 17.4. The third kappa shape index (κ3) is 2.75. The predicted molar refractivity (Wildman–Crippen MR) is 73.9 cm³/mol. The van der Waals surface area contributed by atoms with Gasteiger partial charge >= 0.3 is 0 Å². The first-order chi connectivity index (χ1) is 9.86. The van der Waals surface area contributed by atoms with E-state index in [2.05, 4.69) is 15.6 Å². The molecule has 1 N–H and O–H groups in total. The lowest BCUT2D eigenvalue weighted by Crippen LogP contribution is -2.29. The number of ether oxygens (including phenoxy) is 2. The summed E-state index contributed by atoms with van der Waals surface area (Å²) in [6.45, 7) is 2.38. The molecule has 106 valence electrons. The summed E-state index contributed by atoms with van der Waals surface area (Å²) in [5, 5.41) is 11.3. The zero-order valence-corrected chi connectivity index (χ0v) is 11.5. The van der Waals surface area contributed by atoms with Crippen molar-refractivity contribution in [2.45, 2.75) is 19.0 Å². The van der Waals surface area contributed by atoms with Crippen LogP contribution in [0.1, 0.15) is 18.0 Å². The van der Waals surface area contributed by atoms with Crippen LogP contribution in [0.25, 0.3) is 0 Å². The van der Waals surface area contributed by atoms with Gasteiger partial charge in [-0.2, -0.15) is 0 Å². The van der Waals surface area contributed by atoms with E-state index in [0.29, 0.717) is 0 Å². The summed E-state index contributed by atoms with van der Waals surface area (Å²) in [5.74, 6) is 1.80. The molecule has 1 aliphatic heterocycles. The predicted octanol–water partition coefficient (Wildman–Crippen LogP) is 1.40. The number of aromatic nitrogens is 3. The number of nitrogens with one attached hydrogen (secondary N) is 1. The molecule has 1 aromatic carbocycles. The maximum Gasteiger partial charge on any atom is 0.124 e. The number of fused-ring (bicyclic) bond motifs is 1. The van der Waals surface area contributed by atoms with Crippen molar-refractivity contribution in [1.82, 2.24) is 20.3 Å². The molecular weight excluding hydrogens is 256 g/mol. The first-order valence-corrected chi connectivity index (χ1v) is 6.75. The van der Waals surface area contributed by atoms with E-state index in [1.165, 1.54) is 0 Å². The number of hydrogen-bond acceptors (Lipinski definition) is 5. The molecule has 0 radical (unpaired) electrons. The van der Waals surface area contributed by atoms with E-state index in [1.807, 2.05) is 29.1 Å². The van der Waals surface area contributed by atoms with E-state index in [4.69, 9.17) is 9.47 Å². The molecule has 0 fully saturated rings. The highest BCUT2D eigenvalue weighted by Crippen LogP contribution is 2.34. The smallest absolute Gasteiger partial charge is 0.124 e. The molecule has 6 heteroatoms. The maximum absolute atomic E-state index is 5.68. The van der Waals surface area contributed by atoms with Crippen molar-refractivity contribution in [1.29, 1.82) is 0 Å². The minimum atomic E-state index is 0.289. The lowest BCUT2D eigenvalue weighted by molar-refractivity contribution is 0.250. The number of benzene rings is 1. The molecule has 0 saturated heterocycles. The summed E-state index contributed by atoms with van der Waals surface area (Å²) in [5.41, 5.74) is 1.16. The Morgan fingerprint density at radius 2 is 2.45 bits per heavy atom. The van der Waals surface area contributed by atoms with Gasteiger partial charge in [0.15, 0.2) is 0 Å². The first kappa shape index (κ1) is 12.9. The molecule has 1 aromatic heterocycles. The van der Waals surface area contributed by atoms with Crippen molar-refractivity contribution in [2.24, 2.45) is 0 Å². The summed E-state index contributed by atoms with van der Waals surface area (Å²) < 4.78 is 12.8. The fourth-order valence-electron chi connectivity index (χ4n) is 2.42. The van der Waals surface area contributed by atoms with Gasteiger partial charge < -0.3 is 14.8 Å². The lowest BCUT2D eigenvalue weighted by Gasteiger charge is -2.27. The van der Waals surface area contributed by atoms with Crippen LogP contribution in [-0.2, 0) is 6.54 Å². The quantitative estimate of drug-likeness (QED) is 0.893. The van der Waals surface area contributed by atoms with E-state index in [9.17, 15) is 0 Å². The second-order valence-electron chi connectivity index (χ2n) is 4.71. The van der Waals surface area contributed by atoms with Gasteiger partial charge in [-0.25, -0.2) is 0 Å². The molecule has 0 bridgehead atoms. The van der Waals surface area contributed by atoms with Gasteiger partial charge in [0.05, 0.1) is 26.5 Å². The van der Waals surface area contributed by atoms with Crippen molar-refractivity contribution >= 4 is 0 Å². The van der Waals surface area contributed by atoms with Crippen LogP contribution in [0, 0.1) is 0 Å². The van der Waals surface area contributed by atoms with Crippen LogP contribution in [-0.4, -0.2) is 35.3 Å². The summed E-state index contributed by atoms with van der Waals surface area (Å²) in [6.07, 6.45) is 4.51. The number of rotatable bonds is 5. The zero-order chi connectivity index (χ0) is 13.8. The molecular formula is C14H18N4O2. The molecule has 1 atom stereocenters. The maximum atomic E-state index is 5.68. The van der Waals surface area contributed by atoms with Crippen molar-refractivity contribution in [3.8, 4) is 11.5 Å². The van der Waals surface area contributed by atoms with Crippen LogP contribution in [0.15, 0.2) is 30.6 Å². The van der Waals surface area contributed by atoms with Crippen molar-refractivity contribution in [3.05, 3.63) is 36.2 Å². The average molecular weight is 274 g/mol. The van der Waals surface area contributed by atoms with E-state index in [0.717, 1.165) is 43.2 Å². The van der Waals surface area contributed by atoms with Gasteiger partial charge in [0.2, 0.25) is 0 Å². The molecule has 0 amide bonds. The number of nitrogens with zero attached hydrogens (tertiary/aromatic N) is 3. The van der Waals surface area contributed by atoms with Crippen molar-refractivity contribution < 1.29 is 9.47 Å². The van der Waals surface area contributed by atoms with Crippen LogP contribution >= 0.6 is 0 Å². The monoisotopic (exact) mass is 274 g/mol. The first-order valence-electron chi connectivity index (χ1n) is 6.75. The molecule has 2 aromatic rings. The van der Waals surface area contributed by atoms with Gasteiger partial charge in [-0.3, -0.25) is 4.68 Å². The van der Waals surface area contributed by atoms with Crippen LogP contribution in [0.4, 0.5) is 0 Å².